The second-order valence-electron chi connectivity index (χ2n) is 5.48. The first-order valence-electron chi connectivity index (χ1n) is 7.70. The number of aryl methyl sites for hydroxylation is 1. The number of hydrazone groups is 1. The van der Waals surface area contributed by atoms with Gasteiger partial charge in [0.25, 0.3) is 0 Å². The minimum Gasteiger partial charge on any atom is -0.253 e. The highest BCUT2D eigenvalue weighted by Crippen LogP contribution is 2.31. The Morgan fingerprint density at radius 1 is 1.12 bits per heavy atom. The summed E-state index contributed by atoms with van der Waals surface area (Å²) in [5.74, 6) is 0. The van der Waals surface area contributed by atoms with Crippen molar-refractivity contribution in [2.75, 3.05) is 5.43 Å². The molecule has 3 nitrogen and oxygen atoms in total. The number of hydrogen-bond acceptors (Lipinski definition) is 5. The fraction of sp³-hybridized carbons (Fsp3) is 0.0526. The summed E-state index contributed by atoms with van der Waals surface area (Å²) in [6.45, 7) is 2.12. The molecule has 0 radical (unpaired) electrons. The number of aromatic nitrogens is 1. The lowest BCUT2D eigenvalue weighted by molar-refractivity contribution is 1.29. The van der Waals surface area contributed by atoms with Gasteiger partial charge in [-0.05, 0) is 30.0 Å². The predicted molar refractivity (Wildman–Crippen MR) is 110 cm³/mol. The van der Waals surface area contributed by atoms with Gasteiger partial charge in [0.05, 0.1) is 16.8 Å². The van der Waals surface area contributed by atoms with Gasteiger partial charge in [0.1, 0.15) is 0 Å². The van der Waals surface area contributed by atoms with Crippen LogP contribution >= 0.6 is 34.3 Å². The Bertz CT molecular complexity index is 1070. The van der Waals surface area contributed by atoms with E-state index in [0.717, 1.165) is 21.3 Å². The Labute approximate surface area is 158 Å². The average molecular weight is 384 g/mol. The van der Waals surface area contributed by atoms with Crippen molar-refractivity contribution in [3.8, 4) is 11.3 Å². The third-order valence-corrected chi connectivity index (χ3v) is 6.16. The highest BCUT2D eigenvalue weighted by molar-refractivity contribution is 7.20. The Morgan fingerprint density at radius 3 is 2.76 bits per heavy atom. The van der Waals surface area contributed by atoms with Gasteiger partial charge in [-0.3, -0.25) is 5.43 Å². The molecule has 124 valence electrons. The third-order valence-electron chi connectivity index (χ3n) is 3.88. The molecule has 0 saturated heterocycles. The molecule has 4 rings (SSSR count). The second-order valence-corrected chi connectivity index (χ2v) is 7.82. The van der Waals surface area contributed by atoms with E-state index < -0.39 is 0 Å². The summed E-state index contributed by atoms with van der Waals surface area (Å²) in [5, 5.41) is 9.04. The Kier molecular flexibility index (Phi) is 4.53. The third kappa shape index (κ3) is 3.31. The molecular formula is C19H14ClN3S2. The summed E-state index contributed by atoms with van der Waals surface area (Å²) < 4.78 is 1.27. The Hall–Kier alpha value is -2.21. The van der Waals surface area contributed by atoms with Gasteiger partial charge in [-0.1, -0.05) is 48.0 Å². The van der Waals surface area contributed by atoms with Crippen LogP contribution in [0.15, 0.2) is 59.0 Å². The summed E-state index contributed by atoms with van der Waals surface area (Å²) in [4.78, 5) is 5.70. The summed E-state index contributed by atoms with van der Waals surface area (Å²) >= 11 is 9.47. The van der Waals surface area contributed by atoms with E-state index in [-0.39, 0.29) is 0 Å². The molecule has 0 atom stereocenters. The van der Waals surface area contributed by atoms with Gasteiger partial charge in [0.2, 0.25) is 5.13 Å². The molecule has 0 aliphatic rings. The molecular weight excluding hydrogens is 370 g/mol. The lowest BCUT2D eigenvalue weighted by atomic mass is 10.1. The van der Waals surface area contributed by atoms with E-state index in [0.29, 0.717) is 5.02 Å². The van der Waals surface area contributed by atoms with Crippen LogP contribution in [0.4, 0.5) is 5.13 Å². The van der Waals surface area contributed by atoms with Crippen LogP contribution in [0, 0.1) is 6.92 Å². The number of halogens is 1. The normalized spacial score (nSPS) is 11.4. The minimum atomic E-state index is 0.698. The number of thiophene rings is 1. The van der Waals surface area contributed by atoms with Gasteiger partial charge < -0.3 is 0 Å². The molecule has 0 saturated carbocycles. The molecule has 25 heavy (non-hydrogen) atoms. The van der Waals surface area contributed by atoms with Crippen molar-refractivity contribution in [1.29, 1.82) is 0 Å². The van der Waals surface area contributed by atoms with E-state index >= 15 is 0 Å². The van der Waals surface area contributed by atoms with E-state index in [4.69, 9.17) is 11.6 Å². The van der Waals surface area contributed by atoms with Crippen molar-refractivity contribution < 1.29 is 0 Å². The topological polar surface area (TPSA) is 37.3 Å². The molecule has 0 fully saturated rings. The highest BCUT2D eigenvalue weighted by Gasteiger charge is 2.08. The maximum Gasteiger partial charge on any atom is 0.203 e. The van der Waals surface area contributed by atoms with E-state index in [2.05, 4.69) is 46.7 Å². The SMILES string of the molecule is Cc1c(/C=N\Nc2nc(-c3ccccc3Cl)cs2)sc2ccccc12. The van der Waals surface area contributed by atoms with Crippen LogP contribution in [0.3, 0.4) is 0 Å². The molecule has 0 bridgehead atoms. The number of benzene rings is 2. The molecule has 2 aromatic heterocycles. The largest absolute Gasteiger partial charge is 0.253 e. The minimum absolute atomic E-state index is 0.698. The molecule has 0 spiro atoms. The molecule has 6 heteroatoms. The zero-order valence-corrected chi connectivity index (χ0v) is 15.8. The van der Waals surface area contributed by atoms with Crippen LogP contribution in [0.25, 0.3) is 21.3 Å². The molecule has 2 aromatic carbocycles. The van der Waals surface area contributed by atoms with Gasteiger partial charge >= 0.3 is 0 Å². The Balaban J connectivity index is 1.52. The second kappa shape index (κ2) is 6.96. The quantitative estimate of drug-likeness (QED) is 0.325. The maximum absolute atomic E-state index is 6.22. The number of hydrogen-bond donors (Lipinski definition) is 1. The van der Waals surface area contributed by atoms with Gasteiger partial charge in [0.15, 0.2) is 0 Å². The van der Waals surface area contributed by atoms with Crippen molar-refractivity contribution in [1.82, 2.24) is 4.98 Å². The lowest BCUT2D eigenvalue weighted by Gasteiger charge is -1.98. The average Bonchev–Trinajstić information content (AvgIpc) is 3.21. The van der Waals surface area contributed by atoms with Gasteiger partial charge in [-0.2, -0.15) is 5.10 Å². The van der Waals surface area contributed by atoms with Crippen LogP contribution in [0.2, 0.25) is 5.02 Å². The molecule has 4 aromatic rings. The van der Waals surface area contributed by atoms with E-state index in [1.807, 2.05) is 35.9 Å². The fourth-order valence-corrected chi connectivity index (χ4v) is 4.56. The number of anilines is 1. The number of nitrogens with one attached hydrogen (secondary N) is 1. The molecule has 2 heterocycles. The zero-order chi connectivity index (χ0) is 17.2. The van der Waals surface area contributed by atoms with Crippen LogP contribution in [0.5, 0.6) is 0 Å². The van der Waals surface area contributed by atoms with Gasteiger partial charge in [0, 0.05) is 20.7 Å². The molecule has 0 unspecified atom stereocenters. The number of thiazole rings is 1. The zero-order valence-electron chi connectivity index (χ0n) is 13.4. The number of rotatable bonds is 4. The van der Waals surface area contributed by atoms with E-state index in [1.54, 1.807) is 11.3 Å². The van der Waals surface area contributed by atoms with Gasteiger partial charge in [-0.25, -0.2) is 4.98 Å². The van der Waals surface area contributed by atoms with Crippen LogP contribution in [-0.4, -0.2) is 11.2 Å². The van der Waals surface area contributed by atoms with Crippen LogP contribution in [-0.2, 0) is 0 Å². The number of fused-ring (bicyclic) bond motifs is 1. The first-order valence-corrected chi connectivity index (χ1v) is 9.77. The lowest BCUT2D eigenvalue weighted by Crippen LogP contribution is -1.90. The molecule has 0 amide bonds. The Morgan fingerprint density at radius 2 is 1.92 bits per heavy atom. The highest BCUT2D eigenvalue weighted by atomic mass is 35.5. The maximum atomic E-state index is 6.22. The smallest absolute Gasteiger partial charge is 0.203 e. The standard InChI is InChI=1S/C19H14ClN3S2/c1-12-13-6-3-5-9-17(13)25-18(12)10-21-23-19-22-16(11-24-19)14-7-2-4-8-15(14)20/h2-11H,1H3,(H,22,23)/b21-10-. The molecule has 0 aliphatic carbocycles. The van der Waals surface area contributed by atoms with E-state index in [9.17, 15) is 0 Å². The molecule has 1 N–H and O–H groups in total. The number of nitrogens with zero attached hydrogens (tertiary/aromatic N) is 2. The first kappa shape index (κ1) is 16.3. The predicted octanol–water partition coefficient (Wildman–Crippen LogP) is 6.43. The van der Waals surface area contributed by atoms with Gasteiger partial charge in [-0.15, -0.1) is 22.7 Å². The van der Waals surface area contributed by atoms with E-state index in [1.165, 1.54) is 27.0 Å². The summed E-state index contributed by atoms with van der Waals surface area (Å²) in [6.07, 6.45) is 1.86. The van der Waals surface area contributed by atoms with Crippen molar-refractivity contribution in [3.63, 3.8) is 0 Å². The summed E-state index contributed by atoms with van der Waals surface area (Å²) in [6, 6.07) is 16.1. The fourth-order valence-electron chi connectivity index (χ4n) is 2.58. The van der Waals surface area contributed by atoms with Crippen molar-refractivity contribution in [3.05, 3.63) is 69.4 Å². The van der Waals surface area contributed by atoms with Crippen molar-refractivity contribution >= 4 is 55.7 Å². The monoisotopic (exact) mass is 383 g/mol. The summed E-state index contributed by atoms with van der Waals surface area (Å²) in [5.41, 5.74) is 6.05. The van der Waals surface area contributed by atoms with Crippen molar-refractivity contribution in [2.45, 2.75) is 6.92 Å². The van der Waals surface area contributed by atoms with Crippen LogP contribution < -0.4 is 5.43 Å². The van der Waals surface area contributed by atoms with Crippen LogP contribution in [0.1, 0.15) is 10.4 Å². The van der Waals surface area contributed by atoms with Crippen molar-refractivity contribution in [2.24, 2.45) is 5.10 Å². The first-order chi connectivity index (χ1) is 12.2. The summed E-state index contributed by atoms with van der Waals surface area (Å²) in [7, 11) is 0. The molecule has 0 aliphatic heterocycles.